The summed E-state index contributed by atoms with van der Waals surface area (Å²) >= 11 is 1.75. The summed E-state index contributed by atoms with van der Waals surface area (Å²) in [5, 5.41) is 2.91. The summed E-state index contributed by atoms with van der Waals surface area (Å²) in [6.45, 7) is 0.363. The Balaban J connectivity index is 2.08. The van der Waals surface area contributed by atoms with Crippen molar-refractivity contribution in [2.75, 3.05) is 27.6 Å². The molecular formula is C19H23NO4S. The van der Waals surface area contributed by atoms with E-state index in [4.69, 9.17) is 14.2 Å². The van der Waals surface area contributed by atoms with Crippen molar-refractivity contribution in [3.05, 3.63) is 53.1 Å². The van der Waals surface area contributed by atoms with Crippen LogP contribution in [0.5, 0.6) is 17.2 Å². The van der Waals surface area contributed by atoms with Gasteiger partial charge in [0.1, 0.15) is 0 Å². The van der Waals surface area contributed by atoms with E-state index in [0.717, 1.165) is 11.3 Å². The van der Waals surface area contributed by atoms with Gasteiger partial charge < -0.3 is 19.5 Å². The fourth-order valence-corrected chi connectivity index (χ4v) is 2.97. The molecule has 0 aliphatic heterocycles. The number of benzene rings is 2. The lowest BCUT2D eigenvalue weighted by Gasteiger charge is -2.14. The Labute approximate surface area is 152 Å². The number of methoxy groups -OCH3 is 3. The van der Waals surface area contributed by atoms with Crippen molar-refractivity contribution in [1.29, 1.82) is 0 Å². The molecule has 0 bridgehead atoms. The van der Waals surface area contributed by atoms with Crippen LogP contribution >= 0.6 is 11.8 Å². The Hall–Kier alpha value is -2.34. The van der Waals surface area contributed by atoms with Crippen molar-refractivity contribution in [1.82, 2.24) is 5.32 Å². The van der Waals surface area contributed by atoms with Crippen LogP contribution < -0.4 is 19.5 Å². The highest BCUT2D eigenvalue weighted by Crippen LogP contribution is 2.38. The first kappa shape index (κ1) is 19.0. The quantitative estimate of drug-likeness (QED) is 0.780. The lowest BCUT2D eigenvalue weighted by atomic mass is 10.1. The summed E-state index contributed by atoms with van der Waals surface area (Å²) in [5.74, 6) is 2.47. The minimum atomic E-state index is -0.121. The predicted molar refractivity (Wildman–Crippen MR) is 101 cm³/mol. The summed E-state index contributed by atoms with van der Waals surface area (Å²) in [6.07, 6.45) is 2.05. The number of thioether (sulfide) groups is 1. The highest BCUT2D eigenvalue weighted by atomic mass is 32.2. The second kappa shape index (κ2) is 9.22. The third-order valence-corrected chi connectivity index (χ3v) is 4.33. The molecular weight excluding hydrogens is 338 g/mol. The van der Waals surface area contributed by atoms with Gasteiger partial charge in [-0.15, -0.1) is 0 Å². The van der Waals surface area contributed by atoms with Gasteiger partial charge in [0.05, 0.1) is 21.3 Å². The van der Waals surface area contributed by atoms with Crippen LogP contribution in [-0.4, -0.2) is 33.5 Å². The van der Waals surface area contributed by atoms with Crippen LogP contribution in [0, 0.1) is 0 Å². The molecule has 1 amide bonds. The molecule has 25 heavy (non-hydrogen) atoms. The molecule has 0 unspecified atom stereocenters. The standard InChI is InChI=1S/C19H23NO4S/c1-22-16-9-14(10-17(23-2)18(16)24-3)11-20-19(21)15-7-5-13(6-8-15)12-25-4/h5-10H,11-12H2,1-4H3,(H,20,21). The van der Waals surface area contributed by atoms with Crippen molar-refractivity contribution in [3.63, 3.8) is 0 Å². The lowest BCUT2D eigenvalue weighted by Crippen LogP contribution is -2.22. The van der Waals surface area contributed by atoms with Crippen LogP contribution in [-0.2, 0) is 12.3 Å². The zero-order valence-electron chi connectivity index (χ0n) is 14.9. The molecule has 0 radical (unpaired) electrons. The summed E-state index contributed by atoms with van der Waals surface area (Å²) < 4.78 is 16.0. The summed E-state index contributed by atoms with van der Waals surface area (Å²) in [4.78, 5) is 12.3. The largest absolute Gasteiger partial charge is 0.493 e. The van der Waals surface area contributed by atoms with E-state index in [1.807, 2.05) is 36.4 Å². The number of hydrogen-bond donors (Lipinski definition) is 1. The Morgan fingerprint density at radius 2 is 1.56 bits per heavy atom. The summed E-state index contributed by atoms with van der Waals surface area (Å²) in [6, 6.07) is 11.3. The number of rotatable bonds is 8. The van der Waals surface area contributed by atoms with E-state index < -0.39 is 0 Å². The van der Waals surface area contributed by atoms with Gasteiger partial charge in [-0.2, -0.15) is 11.8 Å². The Morgan fingerprint density at radius 1 is 0.960 bits per heavy atom. The van der Waals surface area contributed by atoms with Crippen LogP contribution in [0.1, 0.15) is 21.5 Å². The molecule has 2 rings (SSSR count). The molecule has 134 valence electrons. The van der Waals surface area contributed by atoms with Crippen molar-refractivity contribution < 1.29 is 19.0 Å². The highest BCUT2D eigenvalue weighted by molar-refractivity contribution is 7.97. The van der Waals surface area contributed by atoms with E-state index in [2.05, 4.69) is 11.6 Å². The smallest absolute Gasteiger partial charge is 0.251 e. The van der Waals surface area contributed by atoms with Gasteiger partial charge >= 0.3 is 0 Å². The predicted octanol–water partition coefficient (Wildman–Crippen LogP) is 3.51. The SMILES string of the molecule is COc1cc(CNC(=O)c2ccc(CSC)cc2)cc(OC)c1OC. The molecule has 0 saturated carbocycles. The maximum Gasteiger partial charge on any atom is 0.251 e. The zero-order valence-corrected chi connectivity index (χ0v) is 15.7. The second-order valence-electron chi connectivity index (χ2n) is 5.35. The molecule has 0 aliphatic rings. The van der Waals surface area contributed by atoms with Crippen LogP contribution in [0.25, 0.3) is 0 Å². The van der Waals surface area contributed by atoms with Gasteiger partial charge in [0.15, 0.2) is 11.5 Å². The molecule has 1 N–H and O–H groups in total. The van der Waals surface area contributed by atoms with E-state index in [-0.39, 0.29) is 5.91 Å². The molecule has 0 aliphatic carbocycles. The average Bonchev–Trinajstić information content (AvgIpc) is 2.65. The monoisotopic (exact) mass is 361 g/mol. The maximum atomic E-state index is 12.3. The van der Waals surface area contributed by atoms with Crippen molar-refractivity contribution in [2.24, 2.45) is 0 Å². The van der Waals surface area contributed by atoms with Crippen LogP contribution in [0.4, 0.5) is 0 Å². The first-order valence-corrected chi connectivity index (χ1v) is 9.17. The topological polar surface area (TPSA) is 56.8 Å². The fraction of sp³-hybridized carbons (Fsp3) is 0.316. The molecule has 5 nitrogen and oxygen atoms in total. The molecule has 0 aromatic heterocycles. The number of carbonyl (C=O) groups excluding carboxylic acids is 1. The van der Waals surface area contributed by atoms with Crippen molar-refractivity contribution >= 4 is 17.7 Å². The fourth-order valence-electron chi connectivity index (χ4n) is 2.44. The first-order valence-electron chi connectivity index (χ1n) is 7.77. The number of amides is 1. The van der Waals surface area contributed by atoms with Crippen molar-refractivity contribution in [2.45, 2.75) is 12.3 Å². The van der Waals surface area contributed by atoms with Crippen LogP contribution in [0.2, 0.25) is 0 Å². The number of nitrogens with one attached hydrogen (secondary N) is 1. The molecule has 6 heteroatoms. The van der Waals surface area contributed by atoms with Gasteiger partial charge in [-0.05, 0) is 41.6 Å². The number of carbonyl (C=O) groups is 1. The van der Waals surface area contributed by atoms with E-state index >= 15 is 0 Å². The highest BCUT2D eigenvalue weighted by Gasteiger charge is 2.14. The molecule has 0 fully saturated rings. The third-order valence-electron chi connectivity index (χ3n) is 3.70. The molecule has 0 spiro atoms. The third kappa shape index (κ3) is 4.82. The maximum absolute atomic E-state index is 12.3. The van der Waals surface area contributed by atoms with E-state index in [9.17, 15) is 4.79 Å². The van der Waals surface area contributed by atoms with E-state index in [0.29, 0.717) is 29.4 Å². The normalized spacial score (nSPS) is 10.2. The van der Waals surface area contributed by atoms with Crippen LogP contribution in [0.15, 0.2) is 36.4 Å². The summed E-state index contributed by atoms with van der Waals surface area (Å²) in [5.41, 5.74) is 2.70. The van der Waals surface area contributed by atoms with Gasteiger partial charge in [-0.25, -0.2) is 0 Å². The van der Waals surface area contributed by atoms with Gasteiger partial charge in [0.2, 0.25) is 5.75 Å². The molecule has 2 aromatic rings. The minimum Gasteiger partial charge on any atom is -0.493 e. The molecule has 0 heterocycles. The van der Waals surface area contributed by atoms with Crippen LogP contribution in [0.3, 0.4) is 0 Å². The van der Waals surface area contributed by atoms with E-state index in [1.54, 1.807) is 33.1 Å². The number of hydrogen-bond acceptors (Lipinski definition) is 5. The molecule has 0 atom stereocenters. The second-order valence-corrected chi connectivity index (χ2v) is 6.21. The van der Waals surface area contributed by atoms with Gasteiger partial charge in [-0.3, -0.25) is 4.79 Å². The summed E-state index contributed by atoms with van der Waals surface area (Å²) in [7, 11) is 4.69. The number of ether oxygens (including phenoxy) is 3. The zero-order chi connectivity index (χ0) is 18.2. The van der Waals surface area contributed by atoms with Gasteiger partial charge in [-0.1, -0.05) is 12.1 Å². The Bertz CT molecular complexity index is 691. The molecule has 0 saturated heterocycles. The Morgan fingerprint density at radius 3 is 2.04 bits per heavy atom. The van der Waals surface area contributed by atoms with Gasteiger partial charge in [0, 0.05) is 17.9 Å². The van der Waals surface area contributed by atoms with Crippen molar-refractivity contribution in [3.8, 4) is 17.2 Å². The molecule has 2 aromatic carbocycles. The minimum absolute atomic E-state index is 0.121. The van der Waals surface area contributed by atoms with Gasteiger partial charge in [0.25, 0.3) is 5.91 Å². The lowest BCUT2D eigenvalue weighted by molar-refractivity contribution is 0.0951. The first-order chi connectivity index (χ1) is 12.1. The Kier molecular flexibility index (Phi) is 7.01. The van der Waals surface area contributed by atoms with E-state index in [1.165, 1.54) is 5.56 Å². The average molecular weight is 361 g/mol.